The third-order valence-electron chi connectivity index (χ3n) is 2.46. The molecule has 1 aromatic rings. The van der Waals surface area contributed by atoms with Crippen LogP contribution in [0.3, 0.4) is 0 Å². The molecule has 0 bridgehead atoms. The molecule has 2 rings (SSSR count). The number of rotatable bonds is 1. The van der Waals surface area contributed by atoms with Gasteiger partial charge >= 0.3 is 0 Å². The standard InChI is InChI=1S/C11H10BrNO2/c1-7-3-2-4-8(11(7)12)13-9(14)5-6-10(13)15/h2-4H,5-6H2,1H3. The van der Waals surface area contributed by atoms with Crippen molar-refractivity contribution in [1.82, 2.24) is 0 Å². The summed E-state index contributed by atoms with van der Waals surface area (Å²) in [6, 6.07) is 5.55. The Morgan fingerprint density at radius 2 is 1.80 bits per heavy atom. The summed E-state index contributed by atoms with van der Waals surface area (Å²) in [5.74, 6) is -0.238. The molecule has 0 unspecified atom stereocenters. The molecule has 1 heterocycles. The zero-order valence-electron chi connectivity index (χ0n) is 8.29. The molecule has 1 aliphatic rings. The minimum absolute atomic E-state index is 0.119. The first-order valence-corrected chi connectivity index (χ1v) is 5.51. The lowest BCUT2D eigenvalue weighted by molar-refractivity contribution is -0.121. The van der Waals surface area contributed by atoms with Crippen molar-refractivity contribution in [2.24, 2.45) is 0 Å². The van der Waals surface area contributed by atoms with Gasteiger partial charge in [-0.25, -0.2) is 4.90 Å². The highest BCUT2D eigenvalue weighted by atomic mass is 79.9. The van der Waals surface area contributed by atoms with E-state index in [4.69, 9.17) is 0 Å². The Hall–Kier alpha value is -1.16. The van der Waals surface area contributed by atoms with E-state index in [0.29, 0.717) is 18.5 Å². The van der Waals surface area contributed by atoms with Gasteiger partial charge in [-0.05, 0) is 34.5 Å². The van der Waals surface area contributed by atoms with Gasteiger partial charge in [0, 0.05) is 17.3 Å². The van der Waals surface area contributed by atoms with Gasteiger partial charge in [-0.15, -0.1) is 0 Å². The van der Waals surface area contributed by atoms with Crippen molar-refractivity contribution in [1.29, 1.82) is 0 Å². The number of carbonyl (C=O) groups excluding carboxylic acids is 2. The summed E-state index contributed by atoms with van der Waals surface area (Å²) in [6.07, 6.45) is 0.637. The van der Waals surface area contributed by atoms with E-state index in [1.165, 1.54) is 4.90 Å². The van der Waals surface area contributed by atoms with Crippen LogP contribution in [0, 0.1) is 6.92 Å². The molecular formula is C11H10BrNO2. The quantitative estimate of drug-likeness (QED) is 0.733. The molecule has 3 nitrogen and oxygen atoms in total. The van der Waals surface area contributed by atoms with Crippen LogP contribution in [-0.4, -0.2) is 11.8 Å². The Morgan fingerprint density at radius 1 is 1.20 bits per heavy atom. The van der Waals surface area contributed by atoms with Crippen LogP contribution in [0.1, 0.15) is 18.4 Å². The Balaban J connectivity index is 2.49. The molecule has 0 N–H and O–H groups in total. The van der Waals surface area contributed by atoms with Gasteiger partial charge in [-0.2, -0.15) is 0 Å². The van der Waals surface area contributed by atoms with Gasteiger partial charge in [0.25, 0.3) is 0 Å². The average Bonchev–Trinajstić information content (AvgIpc) is 2.52. The van der Waals surface area contributed by atoms with E-state index in [2.05, 4.69) is 15.9 Å². The smallest absolute Gasteiger partial charge is 0.234 e. The first-order chi connectivity index (χ1) is 7.11. The maximum Gasteiger partial charge on any atom is 0.234 e. The predicted molar refractivity (Wildman–Crippen MR) is 60.6 cm³/mol. The molecule has 0 aliphatic carbocycles. The van der Waals surface area contributed by atoms with Crippen molar-refractivity contribution < 1.29 is 9.59 Å². The molecule has 0 saturated carbocycles. The zero-order valence-corrected chi connectivity index (χ0v) is 9.87. The molecule has 4 heteroatoms. The third kappa shape index (κ3) is 1.69. The van der Waals surface area contributed by atoms with Crippen LogP contribution in [0.25, 0.3) is 0 Å². The van der Waals surface area contributed by atoms with Gasteiger partial charge in [0.1, 0.15) is 0 Å². The van der Waals surface area contributed by atoms with E-state index in [1.54, 1.807) is 6.07 Å². The van der Waals surface area contributed by atoms with Crippen molar-refractivity contribution in [3.63, 3.8) is 0 Å². The van der Waals surface area contributed by atoms with Gasteiger partial charge in [-0.3, -0.25) is 9.59 Å². The number of nitrogens with zero attached hydrogens (tertiary/aromatic N) is 1. The van der Waals surface area contributed by atoms with Crippen LogP contribution in [-0.2, 0) is 9.59 Å². The number of anilines is 1. The van der Waals surface area contributed by atoms with E-state index in [-0.39, 0.29) is 11.8 Å². The monoisotopic (exact) mass is 267 g/mol. The highest BCUT2D eigenvalue weighted by Gasteiger charge is 2.31. The summed E-state index contributed by atoms with van der Waals surface area (Å²) in [7, 11) is 0. The van der Waals surface area contributed by atoms with Crippen molar-refractivity contribution in [3.05, 3.63) is 28.2 Å². The van der Waals surface area contributed by atoms with E-state index < -0.39 is 0 Å². The van der Waals surface area contributed by atoms with E-state index in [9.17, 15) is 9.59 Å². The molecule has 1 fully saturated rings. The molecule has 0 spiro atoms. The maximum atomic E-state index is 11.5. The molecular weight excluding hydrogens is 258 g/mol. The molecule has 1 aliphatic heterocycles. The molecule has 1 aromatic carbocycles. The number of imide groups is 1. The molecule has 2 amide bonds. The van der Waals surface area contributed by atoms with E-state index in [1.807, 2.05) is 19.1 Å². The number of hydrogen-bond donors (Lipinski definition) is 0. The molecule has 78 valence electrons. The van der Waals surface area contributed by atoms with Crippen LogP contribution >= 0.6 is 15.9 Å². The predicted octanol–water partition coefficient (Wildman–Crippen LogP) is 2.41. The highest BCUT2D eigenvalue weighted by Crippen LogP contribution is 2.32. The number of halogens is 1. The first kappa shape index (κ1) is 10.4. The average molecular weight is 268 g/mol. The highest BCUT2D eigenvalue weighted by molar-refractivity contribution is 9.10. The topological polar surface area (TPSA) is 37.4 Å². The normalized spacial score (nSPS) is 16.3. The SMILES string of the molecule is Cc1cccc(N2C(=O)CCC2=O)c1Br. The molecule has 15 heavy (non-hydrogen) atoms. The fraction of sp³-hybridized carbons (Fsp3) is 0.273. The van der Waals surface area contributed by atoms with Crippen LogP contribution in [0.2, 0.25) is 0 Å². The van der Waals surface area contributed by atoms with Crippen LogP contribution in [0.5, 0.6) is 0 Å². The van der Waals surface area contributed by atoms with Crippen molar-refractivity contribution in [3.8, 4) is 0 Å². The van der Waals surface area contributed by atoms with Gasteiger partial charge in [-0.1, -0.05) is 12.1 Å². The summed E-state index contributed by atoms with van der Waals surface area (Å²) < 4.78 is 0.814. The Labute approximate surface area is 96.2 Å². The Kier molecular flexibility index (Phi) is 2.61. The second-order valence-corrected chi connectivity index (χ2v) is 4.32. The number of hydrogen-bond acceptors (Lipinski definition) is 2. The summed E-state index contributed by atoms with van der Waals surface area (Å²) in [4.78, 5) is 24.3. The summed E-state index contributed by atoms with van der Waals surface area (Å²) in [6.45, 7) is 1.93. The van der Waals surface area contributed by atoms with Crippen LogP contribution < -0.4 is 4.90 Å². The fourth-order valence-corrected chi connectivity index (χ4v) is 2.09. The largest absolute Gasteiger partial charge is 0.274 e. The van der Waals surface area contributed by atoms with Crippen molar-refractivity contribution >= 4 is 33.4 Å². The zero-order chi connectivity index (χ0) is 11.0. The van der Waals surface area contributed by atoms with Gasteiger partial charge in [0.05, 0.1) is 5.69 Å². The molecule has 0 atom stereocenters. The second-order valence-electron chi connectivity index (χ2n) is 3.53. The number of amides is 2. The van der Waals surface area contributed by atoms with E-state index in [0.717, 1.165) is 10.0 Å². The van der Waals surface area contributed by atoms with Crippen molar-refractivity contribution in [2.45, 2.75) is 19.8 Å². The lowest BCUT2D eigenvalue weighted by Gasteiger charge is -2.16. The Bertz CT molecular complexity index is 426. The van der Waals surface area contributed by atoms with E-state index >= 15 is 0 Å². The number of aryl methyl sites for hydroxylation is 1. The maximum absolute atomic E-state index is 11.5. The fourth-order valence-electron chi connectivity index (χ4n) is 1.65. The van der Waals surface area contributed by atoms with Crippen molar-refractivity contribution in [2.75, 3.05) is 4.90 Å². The summed E-state index contributed by atoms with van der Waals surface area (Å²) in [5.41, 5.74) is 1.67. The van der Waals surface area contributed by atoms with Gasteiger partial charge in [0.2, 0.25) is 11.8 Å². The lowest BCUT2D eigenvalue weighted by atomic mass is 10.2. The van der Waals surface area contributed by atoms with Crippen LogP contribution in [0.4, 0.5) is 5.69 Å². The lowest BCUT2D eigenvalue weighted by Crippen LogP contribution is -2.28. The second kappa shape index (κ2) is 3.77. The first-order valence-electron chi connectivity index (χ1n) is 4.72. The molecule has 0 aromatic heterocycles. The number of benzene rings is 1. The van der Waals surface area contributed by atoms with Gasteiger partial charge < -0.3 is 0 Å². The minimum atomic E-state index is -0.119. The van der Waals surface area contributed by atoms with Gasteiger partial charge in [0.15, 0.2) is 0 Å². The molecule has 1 saturated heterocycles. The summed E-state index contributed by atoms with van der Waals surface area (Å²) in [5, 5.41) is 0. The third-order valence-corrected chi connectivity index (χ3v) is 3.50. The Morgan fingerprint density at radius 3 is 2.40 bits per heavy atom. The number of carbonyl (C=O) groups is 2. The summed E-state index contributed by atoms with van der Waals surface area (Å²) >= 11 is 3.40. The minimum Gasteiger partial charge on any atom is -0.274 e. The van der Waals surface area contributed by atoms with Crippen LogP contribution in [0.15, 0.2) is 22.7 Å². The molecule has 0 radical (unpaired) electrons.